The second-order valence-corrected chi connectivity index (χ2v) is 7.03. The molecule has 2 N–H and O–H groups in total. The second-order valence-electron chi connectivity index (χ2n) is 5.97. The fraction of sp³-hybridized carbons (Fsp3) is 0.421. The summed E-state index contributed by atoms with van der Waals surface area (Å²) in [7, 11) is 1.95. The summed E-state index contributed by atoms with van der Waals surface area (Å²) in [5, 5.41) is 9.23. The van der Waals surface area contributed by atoms with Gasteiger partial charge in [0.15, 0.2) is 5.96 Å². The summed E-state index contributed by atoms with van der Waals surface area (Å²) in [6.45, 7) is 6.13. The molecule has 0 atom stereocenters. The van der Waals surface area contributed by atoms with E-state index >= 15 is 0 Å². The fourth-order valence-electron chi connectivity index (χ4n) is 2.46. The van der Waals surface area contributed by atoms with Crippen molar-refractivity contribution in [2.75, 3.05) is 26.7 Å². The number of aliphatic imine (C=N–C) groups is 1. The Hall–Kier alpha value is -2.41. The van der Waals surface area contributed by atoms with Crippen molar-refractivity contribution in [2.45, 2.75) is 26.8 Å². The van der Waals surface area contributed by atoms with E-state index in [0.717, 1.165) is 23.7 Å². The maximum atomic E-state index is 12.1. The molecule has 0 aliphatic carbocycles. The monoisotopic (exact) mass is 373 g/mol. The summed E-state index contributed by atoms with van der Waals surface area (Å²) in [5.41, 5.74) is 2.22. The summed E-state index contributed by atoms with van der Waals surface area (Å²) >= 11 is 1.63. The van der Waals surface area contributed by atoms with E-state index in [4.69, 9.17) is 0 Å². The Balaban J connectivity index is 1.81. The van der Waals surface area contributed by atoms with Crippen molar-refractivity contribution >= 4 is 23.2 Å². The summed E-state index contributed by atoms with van der Waals surface area (Å²) < 4.78 is 0. The summed E-state index contributed by atoms with van der Waals surface area (Å²) in [4.78, 5) is 22.9. The van der Waals surface area contributed by atoms with Crippen LogP contribution in [-0.2, 0) is 17.8 Å². The number of hydrogen-bond acceptors (Lipinski definition) is 4. The van der Waals surface area contributed by atoms with Crippen LogP contribution in [0.25, 0.3) is 0 Å². The molecule has 6 nitrogen and oxygen atoms in total. The molecule has 0 aliphatic heterocycles. The highest BCUT2D eigenvalue weighted by Crippen LogP contribution is 2.09. The minimum atomic E-state index is -0.0748. The average molecular weight is 374 g/mol. The van der Waals surface area contributed by atoms with Gasteiger partial charge in [0.1, 0.15) is 6.54 Å². The van der Waals surface area contributed by atoms with Crippen molar-refractivity contribution in [1.29, 1.82) is 0 Å². The smallest absolute Gasteiger partial charge is 0.241 e. The molecule has 0 fully saturated rings. The lowest BCUT2D eigenvalue weighted by Crippen LogP contribution is -2.39. The maximum Gasteiger partial charge on any atom is 0.241 e. The van der Waals surface area contributed by atoms with Crippen molar-refractivity contribution < 1.29 is 4.79 Å². The molecule has 7 heteroatoms. The van der Waals surface area contributed by atoms with Gasteiger partial charge in [0, 0.05) is 25.5 Å². The maximum absolute atomic E-state index is 12.1. The van der Waals surface area contributed by atoms with E-state index in [1.807, 2.05) is 49.4 Å². The highest BCUT2D eigenvalue weighted by atomic mass is 32.1. The third kappa shape index (κ3) is 6.84. The Morgan fingerprint density at radius 3 is 2.69 bits per heavy atom. The normalized spacial score (nSPS) is 11.3. The molecule has 2 rings (SSSR count). The standard InChI is InChI=1S/C19H27N5OS/c1-4-20-19(24(3)13-17-14-26-15(2)23-17)22-12-18(25)21-11-10-16-8-6-5-7-9-16/h5-9,14H,4,10-13H2,1-3H3,(H,20,22)(H,21,25). The molecule has 1 heterocycles. The van der Waals surface area contributed by atoms with Gasteiger partial charge in [-0.25, -0.2) is 9.98 Å². The lowest BCUT2D eigenvalue weighted by molar-refractivity contribution is -0.119. The largest absolute Gasteiger partial charge is 0.357 e. The van der Waals surface area contributed by atoms with Crippen LogP contribution in [0.3, 0.4) is 0 Å². The number of guanidine groups is 1. The number of carbonyl (C=O) groups is 1. The Bertz CT molecular complexity index is 714. The van der Waals surface area contributed by atoms with E-state index in [2.05, 4.69) is 32.7 Å². The van der Waals surface area contributed by atoms with Crippen molar-refractivity contribution in [3.8, 4) is 0 Å². The van der Waals surface area contributed by atoms with Crippen LogP contribution in [0.2, 0.25) is 0 Å². The van der Waals surface area contributed by atoms with E-state index in [-0.39, 0.29) is 12.5 Å². The van der Waals surface area contributed by atoms with Crippen molar-refractivity contribution in [1.82, 2.24) is 20.5 Å². The lowest BCUT2D eigenvalue weighted by atomic mass is 10.1. The topological polar surface area (TPSA) is 69.6 Å². The molecular weight excluding hydrogens is 346 g/mol. The third-order valence-electron chi connectivity index (χ3n) is 3.71. The quantitative estimate of drug-likeness (QED) is 0.550. The van der Waals surface area contributed by atoms with Gasteiger partial charge in [-0.1, -0.05) is 30.3 Å². The Kier molecular flexibility index (Phi) is 8.08. The first-order chi connectivity index (χ1) is 12.6. The second kappa shape index (κ2) is 10.6. The van der Waals surface area contributed by atoms with Gasteiger partial charge in [-0.2, -0.15) is 0 Å². The number of nitrogens with one attached hydrogen (secondary N) is 2. The Labute approximate surface area is 159 Å². The van der Waals surface area contributed by atoms with Crippen molar-refractivity contribution in [2.24, 2.45) is 4.99 Å². The van der Waals surface area contributed by atoms with Gasteiger partial charge >= 0.3 is 0 Å². The SMILES string of the molecule is CCNC(=NCC(=O)NCCc1ccccc1)N(C)Cc1csc(C)n1. The van der Waals surface area contributed by atoms with Gasteiger partial charge in [-0.3, -0.25) is 4.79 Å². The first kappa shape index (κ1) is 19.9. The van der Waals surface area contributed by atoms with E-state index in [9.17, 15) is 4.79 Å². The number of aryl methyl sites for hydroxylation is 1. The number of rotatable bonds is 8. The molecule has 0 bridgehead atoms. The molecule has 0 unspecified atom stereocenters. The van der Waals surface area contributed by atoms with E-state index in [1.165, 1.54) is 5.56 Å². The zero-order chi connectivity index (χ0) is 18.8. The first-order valence-electron chi connectivity index (χ1n) is 8.79. The van der Waals surface area contributed by atoms with E-state index < -0.39 is 0 Å². The van der Waals surface area contributed by atoms with Gasteiger partial charge in [0.2, 0.25) is 5.91 Å². The molecule has 0 spiro atoms. The van der Waals surface area contributed by atoms with Crippen molar-refractivity contribution in [3.63, 3.8) is 0 Å². The summed E-state index contributed by atoms with van der Waals surface area (Å²) in [6.07, 6.45) is 0.819. The van der Waals surface area contributed by atoms with Crippen LogP contribution in [0.5, 0.6) is 0 Å². The molecule has 0 aliphatic rings. The van der Waals surface area contributed by atoms with Crippen LogP contribution in [0, 0.1) is 6.92 Å². The first-order valence-corrected chi connectivity index (χ1v) is 9.67. The van der Waals surface area contributed by atoms with Crippen LogP contribution < -0.4 is 10.6 Å². The molecule has 1 amide bonds. The van der Waals surface area contributed by atoms with Crippen molar-refractivity contribution in [3.05, 3.63) is 52.0 Å². The van der Waals surface area contributed by atoms with Gasteiger partial charge in [0.05, 0.1) is 17.2 Å². The van der Waals surface area contributed by atoms with Crippen LogP contribution in [0.1, 0.15) is 23.2 Å². The van der Waals surface area contributed by atoms with Gasteiger partial charge in [-0.15, -0.1) is 11.3 Å². The highest BCUT2D eigenvalue weighted by Gasteiger charge is 2.09. The molecular formula is C19H27N5OS. The van der Waals surface area contributed by atoms with Crippen LogP contribution >= 0.6 is 11.3 Å². The summed E-state index contributed by atoms with van der Waals surface area (Å²) in [6, 6.07) is 10.1. The number of nitrogens with zero attached hydrogens (tertiary/aromatic N) is 3. The number of amides is 1. The molecule has 1 aromatic carbocycles. The van der Waals surface area contributed by atoms with E-state index in [1.54, 1.807) is 11.3 Å². The summed E-state index contributed by atoms with van der Waals surface area (Å²) in [5.74, 6) is 0.630. The molecule has 0 saturated carbocycles. The predicted octanol–water partition coefficient (Wildman–Crippen LogP) is 2.21. The number of aromatic nitrogens is 1. The number of benzene rings is 1. The highest BCUT2D eigenvalue weighted by molar-refractivity contribution is 7.09. The van der Waals surface area contributed by atoms with Crippen LogP contribution in [0.4, 0.5) is 0 Å². The fourth-order valence-corrected chi connectivity index (χ4v) is 3.07. The molecule has 0 radical (unpaired) electrons. The Morgan fingerprint density at radius 1 is 1.27 bits per heavy atom. The van der Waals surface area contributed by atoms with E-state index in [0.29, 0.717) is 19.0 Å². The molecule has 26 heavy (non-hydrogen) atoms. The van der Waals surface area contributed by atoms with Gasteiger partial charge < -0.3 is 15.5 Å². The molecule has 2 aromatic rings. The Morgan fingerprint density at radius 2 is 2.04 bits per heavy atom. The molecule has 0 saturated heterocycles. The average Bonchev–Trinajstić information content (AvgIpc) is 3.04. The number of thiazole rings is 1. The zero-order valence-corrected chi connectivity index (χ0v) is 16.5. The third-order valence-corrected chi connectivity index (χ3v) is 4.54. The zero-order valence-electron chi connectivity index (χ0n) is 15.7. The van der Waals surface area contributed by atoms with Crippen LogP contribution in [0.15, 0.2) is 40.7 Å². The number of carbonyl (C=O) groups excluding carboxylic acids is 1. The number of hydrogen-bond donors (Lipinski definition) is 2. The minimum absolute atomic E-state index is 0.0748. The van der Waals surface area contributed by atoms with Gasteiger partial charge in [0.25, 0.3) is 0 Å². The molecule has 1 aromatic heterocycles. The lowest BCUT2D eigenvalue weighted by Gasteiger charge is -2.21. The predicted molar refractivity (Wildman–Crippen MR) is 107 cm³/mol. The minimum Gasteiger partial charge on any atom is -0.357 e. The van der Waals surface area contributed by atoms with Crippen LogP contribution in [-0.4, -0.2) is 48.4 Å². The molecule has 140 valence electrons. The van der Waals surface area contributed by atoms with Gasteiger partial charge in [-0.05, 0) is 25.8 Å².